The van der Waals surface area contributed by atoms with Gasteiger partial charge in [0, 0.05) is 36.9 Å². The maximum Gasteiger partial charge on any atom is 0.292 e. The fourth-order valence-corrected chi connectivity index (χ4v) is 5.58. The Kier molecular flexibility index (Phi) is 10.1. The molecule has 0 bridgehead atoms. The molecule has 0 amide bonds. The number of Topliss-reactive ketones (excluding diaryl/α,β-unsaturated/α-hetero) is 1. The number of carbonyl (C=O) groups excluding carboxylic acids is 1. The van der Waals surface area contributed by atoms with Crippen LogP contribution in [0.5, 0.6) is 11.5 Å². The zero-order valence-corrected chi connectivity index (χ0v) is 25.1. The van der Waals surface area contributed by atoms with Gasteiger partial charge in [-0.05, 0) is 48.0 Å². The van der Waals surface area contributed by atoms with E-state index in [-0.39, 0.29) is 43.2 Å². The average Bonchev–Trinajstić information content (AvgIpc) is 3.14. The number of phenolic OH excluding ortho intramolecular Hbond substituents is 1. The summed E-state index contributed by atoms with van der Waals surface area (Å²) in [6.07, 6.45) is 4.81. The standard InChI is InChI=1S/C29H35N5O9S/c1-34(28-27(44(38,39)40)13-17-12-18(30)4-6-20(17)29(28)37)33-23-15-26(42-3)22(8-9-24(23)43-11-10-35)32-16-31-21-7-5-19(36)14-25(21)41-2/h4-8,12-15,28,31-33,35-36H,9-11,16,30H2,1-3H3,(H,38,39,40). The number of phenols is 1. The number of rotatable bonds is 13. The number of ketones is 1. The van der Waals surface area contributed by atoms with E-state index in [1.165, 1.54) is 62.7 Å². The lowest BCUT2D eigenvalue weighted by molar-refractivity contribution is 0.0841. The topological polar surface area (TPSA) is 205 Å². The Morgan fingerprint density at radius 3 is 2.55 bits per heavy atom. The largest absolute Gasteiger partial charge is 0.508 e. The summed E-state index contributed by atoms with van der Waals surface area (Å²) in [5, 5.41) is 26.8. The van der Waals surface area contributed by atoms with Crippen molar-refractivity contribution in [3.63, 3.8) is 0 Å². The number of likely N-dealkylation sites (N-methyl/N-ethyl adjacent to an activating group) is 1. The fourth-order valence-electron chi connectivity index (χ4n) is 4.75. The highest BCUT2D eigenvalue weighted by Gasteiger charge is 2.39. The van der Waals surface area contributed by atoms with Gasteiger partial charge in [-0.15, -0.1) is 0 Å². The van der Waals surface area contributed by atoms with Crippen LogP contribution in [-0.2, 0) is 19.6 Å². The zero-order chi connectivity index (χ0) is 32.0. The van der Waals surface area contributed by atoms with E-state index >= 15 is 0 Å². The normalized spacial score (nSPS) is 16.7. The molecule has 14 nitrogen and oxygen atoms in total. The summed E-state index contributed by atoms with van der Waals surface area (Å²) >= 11 is 0. The summed E-state index contributed by atoms with van der Waals surface area (Å²) in [6, 6.07) is 7.71. The van der Waals surface area contributed by atoms with E-state index in [1.54, 1.807) is 18.2 Å². The number of nitrogens with one attached hydrogen (secondary N) is 3. The number of nitrogens with zero attached hydrogens (tertiary/aromatic N) is 1. The van der Waals surface area contributed by atoms with Crippen LogP contribution < -0.4 is 26.5 Å². The highest BCUT2D eigenvalue weighted by Crippen LogP contribution is 2.32. The molecule has 0 saturated carbocycles. The second-order valence-electron chi connectivity index (χ2n) is 9.72. The minimum Gasteiger partial charge on any atom is -0.508 e. The van der Waals surface area contributed by atoms with Gasteiger partial charge in [0.2, 0.25) is 0 Å². The number of aromatic hydroxyl groups is 1. The third-order valence-corrected chi connectivity index (χ3v) is 7.74. The molecule has 8 N–H and O–H groups in total. The lowest BCUT2D eigenvalue weighted by Crippen LogP contribution is -2.50. The molecular formula is C29H35N5O9S. The van der Waals surface area contributed by atoms with Crippen LogP contribution in [0.1, 0.15) is 22.3 Å². The van der Waals surface area contributed by atoms with E-state index in [0.717, 1.165) is 0 Å². The van der Waals surface area contributed by atoms with Crippen molar-refractivity contribution in [3.8, 4) is 11.5 Å². The predicted octanol–water partition coefficient (Wildman–Crippen LogP) is 1.91. The first-order valence-electron chi connectivity index (χ1n) is 13.4. The van der Waals surface area contributed by atoms with Crippen LogP contribution in [0.15, 0.2) is 76.4 Å². The molecule has 2 aliphatic rings. The summed E-state index contributed by atoms with van der Waals surface area (Å²) in [4.78, 5) is 13.0. The lowest BCUT2D eigenvalue weighted by atomic mass is 9.92. The van der Waals surface area contributed by atoms with Gasteiger partial charge in [0.15, 0.2) is 5.78 Å². The number of hydrogen-bond acceptors (Lipinski definition) is 13. The zero-order valence-electron chi connectivity index (χ0n) is 24.3. The molecule has 0 spiro atoms. The molecule has 1 unspecified atom stereocenters. The Bertz CT molecular complexity index is 1650. The lowest BCUT2D eigenvalue weighted by Gasteiger charge is -2.32. The van der Waals surface area contributed by atoms with Crippen LogP contribution in [0, 0.1) is 0 Å². The summed E-state index contributed by atoms with van der Waals surface area (Å²) in [6.45, 7) is -0.0734. The van der Waals surface area contributed by atoms with Crippen molar-refractivity contribution in [2.45, 2.75) is 12.5 Å². The number of allylic oxidation sites excluding steroid dienone is 2. The number of fused-ring (bicyclic) bond motifs is 1. The van der Waals surface area contributed by atoms with Crippen LogP contribution in [0.4, 0.5) is 11.4 Å². The molecular weight excluding hydrogens is 594 g/mol. The van der Waals surface area contributed by atoms with Gasteiger partial charge in [-0.2, -0.15) is 8.42 Å². The van der Waals surface area contributed by atoms with Crippen LogP contribution in [0.25, 0.3) is 6.08 Å². The molecule has 0 radical (unpaired) electrons. The Balaban J connectivity index is 1.61. The number of hydrogen-bond donors (Lipinski definition) is 7. The number of aliphatic hydroxyl groups excluding tert-OH is 1. The number of anilines is 2. The van der Waals surface area contributed by atoms with Crippen LogP contribution in [0.2, 0.25) is 0 Å². The minimum atomic E-state index is -4.80. The van der Waals surface area contributed by atoms with Gasteiger partial charge in [-0.1, -0.05) is 0 Å². The van der Waals surface area contributed by atoms with E-state index in [2.05, 4.69) is 16.1 Å². The SMILES string of the molecule is COC1=CC(NN(C)C2C(=O)c3ccc(N)cc3C=C2S(=O)(=O)O)=C(OCCO)CC=C1NCNc1ccc(O)cc1OC. The molecule has 0 aliphatic heterocycles. The Hall–Kier alpha value is -4.70. The van der Waals surface area contributed by atoms with Crippen LogP contribution >= 0.6 is 0 Å². The van der Waals surface area contributed by atoms with Crippen molar-refractivity contribution >= 4 is 33.4 Å². The number of methoxy groups -OCH3 is 2. The van der Waals surface area contributed by atoms with Crippen molar-refractivity contribution < 1.29 is 42.2 Å². The summed E-state index contributed by atoms with van der Waals surface area (Å²) in [7, 11) is -0.398. The van der Waals surface area contributed by atoms with Crippen molar-refractivity contribution in [3.05, 3.63) is 87.5 Å². The van der Waals surface area contributed by atoms with E-state index in [1.807, 2.05) is 0 Å². The van der Waals surface area contributed by atoms with Gasteiger partial charge in [-0.3, -0.25) is 9.35 Å². The monoisotopic (exact) mass is 629 g/mol. The summed E-state index contributed by atoms with van der Waals surface area (Å²) in [5.74, 6) is 0.653. The quantitative estimate of drug-likeness (QED) is 0.0556. The number of carbonyl (C=O) groups is 1. The van der Waals surface area contributed by atoms with Crippen LogP contribution in [0.3, 0.4) is 0 Å². The molecule has 15 heteroatoms. The number of hydrazine groups is 1. The molecule has 1 atom stereocenters. The number of ether oxygens (including phenoxy) is 3. The first-order valence-corrected chi connectivity index (χ1v) is 14.8. The van der Waals surface area contributed by atoms with Crippen molar-refractivity contribution in [1.82, 2.24) is 15.8 Å². The first kappa shape index (κ1) is 32.2. The van der Waals surface area contributed by atoms with Crippen molar-refractivity contribution in [1.29, 1.82) is 0 Å². The van der Waals surface area contributed by atoms with Crippen molar-refractivity contribution in [2.75, 3.05) is 52.2 Å². The minimum absolute atomic E-state index is 0.0352. The van der Waals surface area contributed by atoms with Gasteiger partial charge in [0.25, 0.3) is 10.1 Å². The molecule has 2 aromatic carbocycles. The molecule has 44 heavy (non-hydrogen) atoms. The highest BCUT2D eigenvalue weighted by molar-refractivity contribution is 7.90. The average molecular weight is 630 g/mol. The number of aliphatic hydroxyl groups is 1. The molecule has 0 heterocycles. The van der Waals surface area contributed by atoms with E-state index in [0.29, 0.717) is 40.0 Å². The fraction of sp³-hybridized carbons (Fsp3) is 0.276. The van der Waals surface area contributed by atoms with Crippen LogP contribution in [-0.4, -0.2) is 81.2 Å². The molecule has 0 fully saturated rings. The smallest absolute Gasteiger partial charge is 0.292 e. The summed E-state index contributed by atoms with van der Waals surface area (Å²) in [5.41, 5.74) is 11.2. The molecule has 2 aliphatic carbocycles. The number of nitrogen functional groups attached to an aromatic ring is 1. The first-order chi connectivity index (χ1) is 21.0. The maximum absolute atomic E-state index is 13.6. The molecule has 236 valence electrons. The second kappa shape index (κ2) is 13.7. The van der Waals surface area contributed by atoms with Gasteiger partial charge in [0.1, 0.15) is 35.7 Å². The van der Waals surface area contributed by atoms with E-state index < -0.39 is 26.8 Å². The molecule has 0 aromatic heterocycles. The van der Waals surface area contributed by atoms with E-state index in [4.69, 9.17) is 19.9 Å². The molecule has 2 aromatic rings. The third kappa shape index (κ3) is 7.26. The third-order valence-electron chi connectivity index (χ3n) is 6.80. The Morgan fingerprint density at radius 2 is 1.86 bits per heavy atom. The Labute approximate surface area is 254 Å². The van der Waals surface area contributed by atoms with Gasteiger partial charge in [-0.25, -0.2) is 5.01 Å². The second-order valence-corrected chi connectivity index (χ2v) is 11.1. The maximum atomic E-state index is 13.6. The molecule has 0 saturated heterocycles. The van der Waals surface area contributed by atoms with E-state index in [9.17, 15) is 28.0 Å². The number of nitrogens with two attached hydrogens (primary N) is 1. The Morgan fingerprint density at radius 1 is 1.09 bits per heavy atom. The highest BCUT2D eigenvalue weighted by atomic mass is 32.2. The van der Waals surface area contributed by atoms with Crippen molar-refractivity contribution in [2.24, 2.45) is 0 Å². The van der Waals surface area contributed by atoms with Gasteiger partial charge >= 0.3 is 0 Å². The summed E-state index contributed by atoms with van der Waals surface area (Å²) < 4.78 is 51.6. The van der Waals surface area contributed by atoms with Gasteiger partial charge < -0.3 is 46.2 Å². The number of benzene rings is 2. The molecule has 4 rings (SSSR count). The van der Waals surface area contributed by atoms with Gasteiger partial charge in [0.05, 0.1) is 49.5 Å². The predicted molar refractivity (Wildman–Crippen MR) is 164 cm³/mol.